The van der Waals surface area contributed by atoms with Gasteiger partial charge in [-0.1, -0.05) is 13.3 Å². The van der Waals surface area contributed by atoms with Gasteiger partial charge in [0.05, 0.1) is 13.2 Å². The molecule has 0 aliphatic rings. The number of aliphatic hydroxyl groups is 1. The van der Waals surface area contributed by atoms with Crippen LogP contribution >= 0.6 is 11.3 Å². The molecule has 0 spiro atoms. The molecule has 20 heavy (non-hydrogen) atoms. The van der Waals surface area contributed by atoms with Crippen molar-refractivity contribution in [2.24, 2.45) is 0 Å². The molecule has 0 unspecified atom stereocenters. The number of amides is 1. The van der Waals surface area contributed by atoms with Crippen molar-refractivity contribution >= 4 is 17.2 Å². The van der Waals surface area contributed by atoms with E-state index in [1.807, 2.05) is 5.38 Å². The number of hydrogen-bond donors (Lipinski definition) is 2. The number of H-pyrrole nitrogens is 1. The predicted molar refractivity (Wildman–Crippen MR) is 76.5 cm³/mol. The summed E-state index contributed by atoms with van der Waals surface area (Å²) in [5.41, 5.74) is 1.34. The third-order valence-electron chi connectivity index (χ3n) is 2.84. The number of hydrogen-bond acceptors (Lipinski definition) is 5. The second-order valence-electron chi connectivity index (χ2n) is 4.40. The molecule has 0 fully saturated rings. The first-order valence-electron chi connectivity index (χ1n) is 6.57. The highest BCUT2D eigenvalue weighted by atomic mass is 32.1. The molecule has 1 amide bonds. The Bertz CT molecular complexity index is 538. The van der Waals surface area contributed by atoms with Crippen LogP contribution in [0.3, 0.4) is 0 Å². The number of aromatic nitrogens is 3. The normalized spacial score (nSPS) is 10.7. The van der Waals surface area contributed by atoms with Gasteiger partial charge in [0.25, 0.3) is 5.91 Å². The van der Waals surface area contributed by atoms with Gasteiger partial charge in [-0.3, -0.25) is 9.89 Å². The molecule has 2 aromatic rings. The van der Waals surface area contributed by atoms with E-state index in [4.69, 9.17) is 5.11 Å². The van der Waals surface area contributed by atoms with Crippen molar-refractivity contribution in [1.29, 1.82) is 0 Å². The number of aliphatic hydroxyl groups excluding tert-OH is 1. The zero-order chi connectivity index (χ0) is 14.4. The summed E-state index contributed by atoms with van der Waals surface area (Å²) >= 11 is 1.49. The van der Waals surface area contributed by atoms with Gasteiger partial charge in [0.2, 0.25) is 0 Å². The van der Waals surface area contributed by atoms with Crippen LogP contribution in [0.5, 0.6) is 0 Å². The SMILES string of the molecule is CCCc1cc(C(=O)N(CCO)Cc2nccs2)n[nH]1. The maximum absolute atomic E-state index is 12.4. The summed E-state index contributed by atoms with van der Waals surface area (Å²) in [7, 11) is 0. The Morgan fingerprint density at radius 3 is 3.05 bits per heavy atom. The van der Waals surface area contributed by atoms with Gasteiger partial charge in [-0.2, -0.15) is 5.10 Å². The highest BCUT2D eigenvalue weighted by Crippen LogP contribution is 2.12. The van der Waals surface area contributed by atoms with Crippen LogP contribution in [-0.4, -0.2) is 44.2 Å². The summed E-state index contributed by atoms with van der Waals surface area (Å²) < 4.78 is 0. The summed E-state index contributed by atoms with van der Waals surface area (Å²) in [4.78, 5) is 18.1. The van der Waals surface area contributed by atoms with Crippen LogP contribution < -0.4 is 0 Å². The van der Waals surface area contributed by atoms with Gasteiger partial charge >= 0.3 is 0 Å². The lowest BCUT2D eigenvalue weighted by molar-refractivity contribution is 0.0701. The molecular weight excluding hydrogens is 276 g/mol. The van der Waals surface area contributed by atoms with Crippen LogP contribution in [0.1, 0.15) is 34.5 Å². The molecule has 0 atom stereocenters. The molecule has 0 aliphatic carbocycles. The van der Waals surface area contributed by atoms with Gasteiger partial charge in [0, 0.05) is 23.8 Å². The van der Waals surface area contributed by atoms with Gasteiger partial charge in [-0.05, 0) is 12.5 Å². The Morgan fingerprint density at radius 2 is 2.40 bits per heavy atom. The number of aryl methyl sites for hydroxylation is 1. The highest BCUT2D eigenvalue weighted by molar-refractivity contribution is 7.09. The Morgan fingerprint density at radius 1 is 1.55 bits per heavy atom. The Labute approximate surface area is 121 Å². The molecule has 6 nitrogen and oxygen atoms in total. The lowest BCUT2D eigenvalue weighted by atomic mass is 10.2. The van der Waals surface area contributed by atoms with Crippen LogP contribution in [0.15, 0.2) is 17.6 Å². The minimum atomic E-state index is -0.187. The first-order valence-corrected chi connectivity index (χ1v) is 7.45. The van der Waals surface area contributed by atoms with Crippen LogP contribution in [0.2, 0.25) is 0 Å². The van der Waals surface area contributed by atoms with Crippen molar-refractivity contribution in [2.45, 2.75) is 26.3 Å². The standard InChI is InChI=1S/C13H18N4O2S/c1-2-3-10-8-11(16-15-10)13(19)17(5-6-18)9-12-14-4-7-20-12/h4,7-8,18H,2-3,5-6,9H2,1H3,(H,15,16). The summed E-state index contributed by atoms with van der Waals surface area (Å²) in [6.07, 6.45) is 3.57. The number of nitrogens with zero attached hydrogens (tertiary/aromatic N) is 3. The second-order valence-corrected chi connectivity index (χ2v) is 5.38. The van der Waals surface area contributed by atoms with Gasteiger partial charge < -0.3 is 10.0 Å². The van der Waals surface area contributed by atoms with E-state index in [0.29, 0.717) is 12.2 Å². The van der Waals surface area contributed by atoms with E-state index < -0.39 is 0 Å². The number of carbonyl (C=O) groups is 1. The van der Waals surface area contributed by atoms with Crippen molar-refractivity contribution in [3.63, 3.8) is 0 Å². The summed E-state index contributed by atoms with van der Waals surface area (Å²) in [5, 5.41) is 18.7. The molecular formula is C13H18N4O2S. The molecule has 0 radical (unpaired) electrons. The largest absolute Gasteiger partial charge is 0.395 e. The van der Waals surface area contributed by atoms with Crippen molar-refractivity contribution in [1.82, 2.24) is 20.1 Å². The van der Waals surface area contributed by atoms with E-state index in [-0.39, 0.29) is 19.1 Å². The molecule has 2 rings (SSSR count). The van der Waals surface area contributed by atoms with Crippen LogP contribution in [0.4, 0.5) is 0 Å². The highest BCUT2D eigenvalue weighted by Gasteiger charge is 2.19. The molecule has 2 N–H and O–H groups in total. The van der Waals surface area contributed by atoms with E-state index in [1.54, 1.807) is 17.2 Å². The van der Waals surface area contributed by atoms with Gasteiger partial charge in [0.1, 0.15) is 10.7 Å². The number of aromatic amines is 1. The van der Waals surface area contributed by atoms with E-state index in [2.05, 4.69) is 22.1 Å². The fraction of sp³-hybridized carbons (Fsp3) is 0.462. The topological polar surface area (TPSA) is 82.1 Å². The molecule has 0 aromatic carbocycles. The fourth-order valence-corrected chi connectivity index (χ4v) is 2.53. The average Bonchev–Trinajstić information content (AvgIpc) is 3.09. The number of rotatable bonds is 7. The first-order chi connectivity index (χ1) is 9.74. The quantitative estimate of drug-likeness (QED) is 0.810. The number of carbonyl (C=O) groups excluding carboxylic acids is 1. The molecule has 0 bridgehead atoms. The van der Waals surface area contributed by atoms with E-state index in [1.165, 1.54) is 11.3 Å². The molecule has 0 aliphatic heterocycles. The van der Waals surface area contributed by atoms with Crippen molar-refractivity contribution < 1.29 is 9.90 Å². The molecule has 0 saturated heterocycles. The van der Waals surface area contributed by atoms with E-state index in [9.17, 15) is 4.79 Å². The van der Waals surface area contributed by atoms with Gasteiger partial charge in [0.15, 0.2) is 0 Å². The zero-order valence-corrected chi connectivity index (χ0v) is 12.2. The Balaban J connectivity index is 2.08. The monoisotopic (exact) mass is 294 g/mol. The third-order valence-corrected chi connectivity index (χ3v) is 3.60. The zero-order valence-electron chi connectivity index (χ0n) is 11.4. The maximum Gasteiger partial charge on any atom is 0.274 e. The summed E-state index contributed by atoms with van der Waals surface area (Å²) in [6.45, 7) is 2.66. The first kappa shape index (κ1) is 14.7. The van der Waals surface area contributed by atoms with Crippen LogP contribution in [0, 0.1) is 0 Å². The minimum Gasteiger partial charge on any atom is -0.395 e. The Hall–Kier alpha value is -1.73. The van der Waals surface area contributed by atoms with Crippen molar-refractivity contribution in [3.8, 4) is 0 Å². The maximum atomic E-state index is 12.4. The van der Waals surface area contributed by atoms with Crippen molar-refractivity contribution in [2.75, 3.05) is 13.2 Å². The molecule has 7 heteroatoms. The predicted octanol–water partition coefficient (Wildman–Crippen LogP) is 1.45. The average molecular weight is 294 g/mol. The van der Waals surface area contributed by atoms with Crippen LogP contribution in [-0.2, 0) is 13.0 Å². The van der Waals surface area contributed by atoms with E-state index in [0.717, 1.165) is 23.5 Å². The second kappa shape index (κ2) is 7.16. The summed E-state index contributed by atoms with van der Waals surface area (Å²) in [6, 6.07) is 1.78. The lowest BCUT2D eigenvalue weighted by Crippen LogP contribution is -2.33. The van der Waals surface area contributed by atoms with Crippen LogP contribution in [0.25, 0.3) is 0 Å². The minimum absolute atomic E-state index is 0.0800. The summed E-state index contributed by atoms with van der Waals surface area (Å²) in [5.74, 6) is -0.187. The number of thiazole rings is 1. The number of nitrogens with one attached hydrogen (secondary N) is 1. The van der Waals surface area contributed by atoms with Gasteiger partial charge in [-0.15, -0.1) is 11.3 Å². The molecule has 2 aromatic heterocycles. The van der Waals surface area contributed by atoms with Gasteiger partial charge in [-0.25, -0.2) is 4.98 Å². The lowest BCUT2D eigenvalue weighted by Gasteiger charge is -2.19. The molecule has 0 saturated carbocycles. The fourth-order valence-electron chi connectivity index (χ4n) is 1.90. The molecule has 108 valence electrons. The van der Waals surface area contributed by atoms with E-state index >= 15 is 0 Å². The Kier molecular flexibility index (Phi) is 5.25. The third kappa shape index (κ3) is 3.64. The van der Waals surface area contributed by atoms with Crippen molar-refractivity contribution in [3.05, 3.63) is 34.0 Å². The smallest absolute Gasteiger partial charge is 0.274 e. The molecule has 2 heterocycles.